The molecule has 1 aromatic carbocycles. The maximum Gasteiger partial charge on any atom is 0.245 e. The van der Waals surface area contributed by atoms with Crippen LogP contribution in [-0.4, -0.2) is 76.0 Å². The molecule has 1 heterocycles. The molecule has 9 nitrogen and oxygen atoms in total. The van der Waals surface area contributed by atoms with E-state index in [1.807, 2.05) is 0 Å². The molecule has 33 heavy (non-hydrogen) atoms. The summed E-state index contributed by atoms with van der Waals surface area (Å²) in [6, 6.07) is 3.74. The van der Waals surface area contributed by atoms with Crippen LogP contribution in [0.1, 0.15) is 50.5 Å². The van der Waals surface area contributed by atoms with E-state index in [0.29, 0.717) is 24.7 Å². The van der Waals surface area contributed by atoms with E-state index in [0.717, 1.165) is 19.2 Å². The van der Waals surface area contributed by atoms with Crippen molar-refractivity contribution >= 4 is 30.1 Å². The molecular formula is C23H35ClN4O5. The number of carbonyl (C=O) groups is 3. The van der Waals surface area contributed by atoms with Gasteiger partial charge < -0.3 is 26.2 Å². The fourth-order valence-corrected chi connectivity index (χ4v) is 4.64. The van der Waals surface area contributed by atoms with Gasteiger partial charge in [0.05, 0.1) is 6.42 Å². The van der Waals surface area contributed by atoms with Crippen molar-refractivity contribution in [3.63, 3.8) is 0 Å². The summed E-state index contributed by atoms with van der Waals surface area (Å²) >= 11 is 0. The number of aromatic hydroxyl groups is 2. The Bertz CT molecular complexity index is 823. The van der Waals surface area contributed by atoms with E-state index in [1.165, 1.54) is 44.2 Å². The van der Waals surface area contributed by atoms with Crippen molar-refractivity contribution in [1.82, 2.24) is 15.1 Å². The highest BCUT2D eigenvalue weighted by Gasteiger charge is 2.31. The number of halogens is 1. The molecule has 1 aromatic rings. The summed E-state index contributed by atoms with van der Waals surface area (Å²) in [5.41, 5.74) is 5.60. The van der Waals surface area contributed by atoms with E-state index in [1.54, 1.807) is 4.90 Å². The second-order valence-corrected chi connectivity index (χ2v) is 8.77. The quantitative estimate of drug-likeness (QED) is 0.440. The number of primary amides is 1. The maximum atomic E-state index is 13.2. The summed E-state index contributed by atoms with van der Waals surface area (Å²) in [5.74, 6) is -1.49. The summed E-state index contributed by atoms with van der Waals surface area (Å²) in [6.07, 6.45) is 6.24. The fourth-order valence-electron chi connectivity index (χ4n) is 4.64. The van der Waals surface area contributed by atoms with Crippen LogP contribution >= 0.6 is 12.4 Å². The minimum Gasteiger partial charge on any atom is -0.508 e. The standard InChI is InChI=1S/C23H34N4O5.ClH/c24-21(30)9-8-19(25-22(31)14-16-6-7-18(28)15-20(16)29)23(32)27-12-10-26(11-13-27)17-4-2-1-3-5-17;/h6-7,15,17,19,28-29H,1-5,8-14H2,(H2,24,30)(H,25,31);1H/t19-;/m0./s1. The molecule has 0 bridgehead atoms. The average Bonchev–Trinajstić information content (AvgIpc) is 2.78. The van der Waals surface area contributed by atoms with Gasteiger partial charge in [-0.2, -0.15) is 0 Å². The first-order valence-corrected chi connectivity index (χ1v) is 11.4. The van der Waals surface area contributed by atoms with Gasteiger partial charge in [0, 0.05) is 50.3 Å². The molecule has 1 saturated heterocycles. The third kappa shape index (κ3) is 7.78. The molecule has 1 atom stereocenters. The average molecular weight is 483 g/mol. The molecule has 0 spiro atoms. The molecule has 2 aliphatic rings. The molecule has 3 rings (SSSR count). The number of nitrogens with zero attached hydrogens (tertiary/aromatic N) is 2. The van der Waals surface area contributed by atoms with Gasteiger partial charge in [0.1, 0.15) is 17.5 Å². The summed E-state index contributed by atoms with van der Waals surface area (Å²) in [4.78, 5) is 41.2. The Balaban J connectivity index is 0.00000385. The summed E-state index contributed by atoms with van der Waals surface area (Å²) < 4.78 is 0. The number of phenolic OH excluding ortho intramolecular Hbond substituents is 2. The van der Waals surface area contributed by atoms with Gasteiger partial charge in [-0.25, -0.2) is 0 Å². The zero-order valence-corrected chi connectivity index (χ0v) is 19.7. The summed E-state index contributed by atoms with van der Waals surface area (Å²) in [6.45, 7) is 2.82. The Labute approximate surface area is 200 Å². The van der Waals surface area contributed by atoms with Gasteiger partial charge in [0.2, 0.25) is 17.7 Å². The molecule has 0 unspecified atom stereocenters. The second kappa shape index (κ2) is 12.6. The van der Waals surface area contributed by atoms with Crippen LogP contribution in [0.2, 0.25) is 0 Å². The van der Waals surface area contributed by atoms with Crippen molar-refractivity contribution < 1.29 is 24.6 Å². The zero-order valence-electron chi connectivity index (χ0n) is 18.9. The molecule has 184 valence electrons. The molecule has 0 aromatic heterocycles. The van der Waals surface area contributed by atoms with Crippen molar-refractivity contribution in [3.8, 4) is 11.5 Å². The zero-order chi connectivity index (χ0) is 23.1. The van der Waals surface area contributed by atoms with Crippen LogP contribution in [0.15, 0.2) is 18.2 Å². The number of nitrogens with one attached hydrogen (secondary N) is 1. The summed E-state index contributed by atoms with van der Waals surface area (Å²) in [7, 11) is 0. The van der Waals surface area contributed by atoms with Crippen LogP contribution in [0.5, 0.6) is 11.5 Å². The number of nitrogens with two attached hydrogens (primary N) is 1. The normalized spacial score (nSPS) is 18.2. The number of benzene rings is 1. The molecule has 0 radical (unpaired) electrons. The van der Waals surface area contributed by atoms with Crippen LogP contribution in [0.3, 0.4) is 0 Å². The first kappa shape index (κ1) is 26.7. The van der Waals surface area contributed by atoms with E-state index < -0.39 is 17.9 Å². The van der Waals surface area contributed by atoms with Gasteiger partial charge in [0.15, 0.2) is 0 Å². The fraction of sp³-hybridized carbons (Fsp3) is 0.609. The van der Waals surface area contributed by atoms with E-state index in [4.69, 9.17) is 5.73 Å². The highest BCUT2D eigenvalue weighted by molar-refractivity contribution is 5.89. The lowest BCUT2D eigenvalue weighted by Crippen LogP contribution is -2.56. The summed E-state index contributed by atoms with van der Waals surface area (Å²) in [5, 5.41) is 22.0. The monoisotopic (exact) mass is 482 g/mol. The van der Waals surface area contributed by atoms with Crippen molar-refractivity contribution in [2.45, 2.75) is 63.5 Å². The van der Waals surface area contributed by atoms with Crippen LogP contribution in [0, 0.1) is 0 Å². The first-order valence-electron chi connectivity index (χ1n) is 11.4. The number of phenols is 2. The van der Waals surface area contributed by atoms with Crippen LogP contribution in [-0.2, 0) is 20.8 Å². The number of amides is 3. The number of hydrogen-bond acceptors (Lipinski definition) is 6. The SMILES string of the molecule is Cl.NC(=O)CC[C@H](NC(=O)Cc1ccc(O)cc1O)C(=O)N1CCN(C2CCCCC2)CC1. The minimum absolute atomic E-state index is 0. The number of piperazine rings is 1. The molecule has 1 saturated carbocycles. The lowest BCUT2D eigenvalue weighted by Gasteiger charge is -2.41. The van der Waals surface area contributed by atoms with Gasteiger partial charge in [-0.3, -0.25) is 19.3 Å². The van der Waals surface area contributed by atoms with Gasteiger partial charge >= 0.3 is 0 Å². The lowest BCUT2D eigenvalue weighted by atomic mass is 9.94. The van der Waals surface area contributed by atoms with Crippen molar-refractivity contribution in [2.75, 3.05) is 26.2 Å². The van der Waals surface area contributed by atoms with E-state index >= 15 is 0 Å². The minimum atomic E-state index is -0.851. The Morgan fingerprint density at radius 1 is 1.06 bits per heavy atom. The van der Waals surface area contributed by atoms with E-state index in [2.05, 4.69) is 10.2 Å². The van der Waals surface area contributed by atoms with E-state index in [9.17, 15) is 24.6 Å². The topological polar surface area (TPSA) is 136 Å². The molecule has 1 aliphatic carbocycles. The number of hydrogen-bond donors (Lipinski definition) is 4. The molecule has 5 N–H and O–H groups in total. The van der Waals surface area contributed by atoms with Gasteiger partial charge in [0.25, 0.3) is 0 Å². The van der Waals surface area contributed by atoms with Crippen LogP contribution < -0.4 is 11.1 Å². The highest BCUT2D eigenvalue weighted by Crippen LogP contribution is 2.24. The Hall–Kier alpha value is -2.52. The predicted molar refractivity (Wildman–Crippen MR) is 126 cm³/mol. The Morgan fingerprint density at radius 2 is 1.73 bits per heavy atom. The third-order valence-electron chi connectivity index (χ3n) is 6.45. The molecular weight excluding hydrogens is 448 g/mol. The Kier molecular flexibility index (Phi) is 10.2. The molecule has 1 aliphatic heterocycles. The molecule has 2 fully saturated rings. The van der Waals surface area contributed by atoms with Crippen LogP contribution in [0.25, 0.3) is 0 Å². The number of carbonyl (C=O) groups excluding carboxylic acids is 3. The van der Waals surface area contributed by atoms with Crippen molar-refractivity contribution in [2.24, 2.45) is 5.73 Å². The second-order valence-electron chi connectivity index (χ2n) is 8.77. The predicted octanol–water partition coefficient (Wildman–Crippen LogP) is 1.29. The van der Waals surface area contributed by atoms with Crippen molar-refractivity contribution in [1.29, 1.82) is 0 Å². The largest absolute Gasteiger partial charge is 0.508 e. The van der Waals surface area contributed by atoms with Gasteiger partial charge in [-0.05, 0) is 25.3 Å². The lowest BCUT2D eigenvalue weighted by molar-refractivity contribution is -0.138. The smallest absolute Gasteiger partial charge is 0.245 e. The number of rotatable bonds is 8. The van der Waals surface area contributed by atoms with Gasteiger partial charge in [-0.1, -0.05) is 25.3 Å². The first-order chi connectivity index (χ1) is 15.3. The third-order valence-corrected chi connectivity index (χ3v) is 6.45. The van der Waals surface area contributed by atoms with Gasteiger partial charge in [-0.15, -0.1) is 12.4 Å². The molecule has 10 heteroatoms. The highest BCUT2D eigenvalue weighted by atomic mass is 35.5. The maximum absolute atomic E-state index is 13.2. The van der Waals surface area contributed by atoms with Crippen molar-refractivity contribution in [3.05, 3.63) is 23.8 Å². The van der Waals surface area contributed by atoms with E-state index in [-0.39, 0.29) is 49.1 Å². The molecule has 3 amide bonds. The van der Waals surface area contributed by atoms with Crippen LogP contribution in [0.4, 0.5) is 0 Å². The Morgan fingerprint density at radius 3 is 2.33 bits per heavy atom.